The van der Waals surface area contributed by atoms with Gasteiger partial charge in [0.2, 0.25) is 0 Å². The summed E-state index contributed by atoms with van der Waals surface area (Å²) in [5.41, 5.74) is 0.881. The fraction of sp³-hybridized carbons (Fsp3) is 0.286. The molecule has 0 bridgehead atoms. The molecule has 2 amide bonds. The van der Waals surface area contributed by atoms with Gasteiger partial charge in [-0.25, -0.2) is 14.5 Å². The van der Waals surface area contributed by atoms with Crippen molar-refractivity contribution in [2.24, 2.45) is 0 Å². The van der Waals surface area contributed by atoms with E-state index in [0.717, 1.165) is 11.3 Å². The normalized spacial score (nSPS) is 15.0. The first-order valence-electron chi connectivity index (χ1n) is 9.59. The molecule has 0 saturated carbocycles. The SMILES string of the molecule is CCN(CC1COc2ccccc2O1)C(=O)NCc1cccnc1-n1cccn1. The average Bonchev–Trinajstić information content (AvgIpc) is 3.30. The Kier molecular flexibility index (Phi) is 5.60. The summed E-state index contributed by atoms with van der Waals surface area (Å²) in [6.07, 6.45) is 5.01. The van der Waals surface area contributed by atoms with E-state index in [4.69, 9.17) is 9.47 Å². The number of amides is 2. The van der Waals surface area contributed by atoms with Gasteiger partial charge in [0.25, 0.3) is 0 Å². The number of urea groups is 1. The number of fused-ring (bicyclic) bond motifs is 1. The molecule has 0 radical (unpaired) electrons. The molecule has 0 spiro atoms. The van der Waals surface area contributed by atoms with Gasteiger partial charge in [-0.05, 0) is 31.2 Å². The smallest absolute Gasteiger partial charge is 0.317 e. The van der Waals surface area contributed by atoms with Crippen LogP contribution in [0.25, 0.3) is 5.82 Å². The second-order valence-corrected chi connectivity index (χ2v) is 6.63. The number of aromatic nitrogens is 3. The van der Waals surface area contributed by atoms with Gasteiger partial charge in [-0.2, -0.15) is 5.10 Å². The van der Waals surface area contributed by atoms with Crippen molar-refractivity contribution in [3.8, 4) is 17.3 Å². The number of hydrogen-bond acceptors (Lipinski definition) is 5. The van der Waals surface area contributed by atoms with Crippen LogP contribution in [0.4, 0.5) is 4.79 Å². The van der Waals surface area contributed by atoms with E-state index in [1.165, 1.54) is 0 Å². The van der Waals surface area contributed by atoms with Crippen LogP contribution in [-0.2, 0) is 6.54 Å². The van der Waals surface area contributed by atoms with Gasteiger partial charge in [-0.3, -0.25) is 0 Å². The quantitative estimate of drug-likeness (QED) is 0.696. The number of ether oxygens (including phenoxy) is 2. The highest BCUT2D eigenvalue weighted by atomic mass is 16.6. The Morgan fingerprint density at radius 1 is 1.21 bits per heavy atom. The van der Waals surface area contributed by atoms with Gasteiger partial charge >= 0.3 is 6.03 Å². The zero-order chi connectivity index (χ0) is 20.1. The standard InChI is InChI=1S/C21H23N5O3/c1-2-25(14-17-15-28-18-8-3-4-9-19(18)29-17)21(27)23-13-16-7-5-10-22-20(16)26-12-6-11-24-26/h3-12,17H,2,13-15H2,1H3,(H,23,27). The molecule has 150 valence electrons. The van der Waals surface area contributed by atoms with Crippen LogP contribution in [0.15, 0.2) is 61.1 Å². The number of nitrogens with one attached hydrogen (secondary N) is 1. The Hall–Kier alpha value is -3.55. The van der Waals surface area contributed by atoms with E-state index in [-0.39, 0.29) is 12.1 Å². The minimum absolute atomic E-state index is 0.162. The van der Waals surface area contributed by atoms with Crippen LogP contribution in [0, 0.1) is 0 Å². The van der Waals surface area contributed by atoms with Crippen molar-refractivity contribution in [2.75, 3.05) is 19.7 Å². The molecule has 1 aliphatic rings. The molecular weight excluding hydrogens is 370 g/mol. The fourth-order valence-corrected chi connectivity index (χ4v) is 3.21. The minimum atomic E-state index is -0.214. The van der Waals surface area contributed by atoms with Crippen LogP contribution in [0.1, 0.15) is 12.5 Å². The molecule has 0 fully saturated rings. The molecule has 4 rings (SSSR count). The Balaban J connectivity index is 1.37. The van der Waals surface area contributed by atoms with Gasteiger partial charge in [0, 0.05) is 37.2 Å². The van der Waals surface area contributed by atoms with E-state index in [1.807, 2.05) is 55.6 Å². The molecule has 8 nitrogen and oxygen atoms in total. The van der Waals surface area contributed by atoms with Gasteiger partial charge in [0.1, 0.15) is 6.61 Å². The number of rotatable bonds is 6. The monoisotopic (exact) mass is 393 g/mol. The molecule has 1 aromatic carbocycles. The van der Waals surface area contributed by atoms with Crippen LogP contribution in [-0.4, -0.2) is 51.5 Å². The lowest BCUT2D eigenvalue weighted by molar-refractivity contribution is 0.0675. The van der Waals surface area contributed by atoms with Crippen molar-refractivity contribution in [2.45, 2.75) is 19.6 Å². The average molecular weight is 393 g/mol. The maximum absolute atomic E-state index is 12.7. The van der Waals surface area contributed by atoms with Gasteiger partial charge < -0.3 is 19.7 Å². The number of benzene rings is 1. The third kappa shape index (κ3) is 4.31. The number of carbonyl (C=O) groups excluding carboxylic acids is 1. The predicted molar refractivity (Wildman–Crippen MR) is 107 cm³/mol. The summed E-state index contributed by atoms with van der Waals surface area (Å²) in [4.78, 5) is 18.8. The van der Waals surface area contributed by atoms with Gasteiger partial charge in [0.05, 0.1) is 6.54 Å². The maximum atomic E-state index is 12.7. The van der Waals surface area contributed by atoms with E-state index in [0.29, 0.717) is 37.8 Å². The molecule has 1 N–H and O–H groups in total. The van der Waals surface area contributed by atoms with Crippen LogP contribution in [0.3, 0.4) is 0 Å². The largest absolute Gasteiger partial charge is 0.486 e. The van der Waals surface area contributed by atoms with E-state index < -0.39 is 0 Å². The van der Waals surface area contributed by atoms with E-state index in [2.05, 4.69) is 15.4 Å². The Morgan fingerprint density at radius 3 is 2.86 bits per heavy atom. The first kappa shape index (κ1) is 18.8. The van der Waals surface area contributed by atoms with Crippen molar-refractivity contribution in [1.82, 2.24) is 25.0 Å². The number of para-hydroxylation sites is 2. The Labute approximate surface area is 169 Å². The Morgan fingerprint density at radius 2 is 2.07 bits per heavy atom. The summed E-state index contributed by atoms with van der Waals surface area (Å²) >= 11 is 0. The van der Waals surface area contributed by atoms with E-state index >= 15 is 0 Å². The van der Waals surface area contributed by atoms with Crippen molar-refractivity contribution >= 4 is 6.03 Å². The molecule has 0 aliphatic carbocycles. The van der Waals surface area contributed by atoms with Crippen molar-refractivity contribution in [3.05, 3.63) is 66.6 Å². The predicted octanol–water partition coefficient (Wildman–Crippen LogP) is 2.64. The summed E-state index contributed by atoms with van der Waals surface area (Å²) in [5, 5.41) is 7.19. The Bertz CT molecular complexity index is 960. The summed E-state index contributed by atoms with van der Waals surface area (Å²) < 4.78 is 13.4. The highest BCUT2D eigenvalue weighted by Crippen LogP contribution is 2.31. The topological polar surface area (TPSA) is 81.5 Å². The third-order valence-corrected chi connectivity index (χ3v) is 4.68. The summed E-state index contributed by atoms with van der Waals surface area (Å²) in [5.74, 6) is 2.14. The van der Waals surface area contributed by atoms with Crippen LogP contribution in [0.2, 0.25) is 0 Å². The molecule has 2 aromatic heterocycles. The van der Waals surface area contributed by atoms with Crippen molar-refractivity contribution in [3.63, 3.8) is 0 Å². The van der Waals surface area contributed by atoms with Gasteiger partial charge in [-0.1, -0.05) is 18.2 Å². The lowest BCUT2D eigenvalue weighted by atomic mass is 10.2. The summed E-state index contributed by atoms with van der Waals surface area (Å²) in [6, 6.07) is 13.0. The second kappa shape index (κ2) is 8.64. The number of hydrogen-bond donors (Lipinski definition) is 1. The van der Waals surface area contributed by atoms with Gasteiger partial charge in [0.15, 0.2) is 23.4 Å². The molecule has 29 heavy (non-hydrogen) atoms. The number of pyridine rings is 1. The highest BCUT2D eigenvalue weighted by Gasteiger charge is 2.24. The molecule has 0 saturated heterocycles. The zero-order valence-corrected chi connectivity index (χ0v) is 16.2. The molecule has 1 unspecified atom stereocenters. The van der Waals surface area contributed by atoms with Crippen LogP contribution in [0.5, 0.6) is 11.5 Å². The molecule has 1 aliphatic heterocycles. The van der Waals surface area contributed by atoms with E-state index in [1.54, 1.807) is 22.0 Å². The molecule has 3 aromatic rings. The lowest BCUT2D eigenvalue weighted by Gasteiger charge is -2.31. The van der Waals surface area contributed by atoms with E-state index in [9.17, 15) is 4.79 Å². The zero-order valence-electron chi connectivity index (χ0n) is 16.2. The first-order chi connectivity index (χ1) is 14.2. The maximum Gasteiger partial charge on any atom is 0.317 e. The fourth-order valence-electron chi connectivity index (χ4n) is 3.21. The molecule has 1 atom stereocenters. The molecular formula is C21H23N5O3. The number of carbonyl (C=O) groups is 1. The number of likely N-dealkylation sites (N-methyl/N-ethyl adjacent to an activating group) is 1. The van der Waals surface area contributed by atoms with Crippen LogP contribution >= 0.6 is 0 Å². The minimum Gasteiger partial charge on any atom is -0.486 e. The first-order valence-corrected chi connectivity index (χ1v) is 9.59. The van der Waals surface area contributed by atoms with Crippen LogP contribution < -0.4 is 14.8 Å². The lowest BCUT2D eigenvalue weighted by Crippen LogP contribution is -2.47. The summed E-state index contributed by atoms with van der Waals surface area (Å²) in [7, 11) is 0. The molecule has 3 heterocycles. The van der Waals surface area contributed by atoms with Crippen molar-refractivity contribution < 1.29 is 14.3 Å². The molecule has 8 heteroatoms. The third-order valence-electron chi connectivity index (χ3n) is 4.68. The number of nitrogens with zero attached hydrogens (tertiary/aromatic N) is 4. The van der Waals surface area contributed by atoms with Gasteiger partial charge in [-0.15, -0.1) is 0 Å². The van der Waals surface area contributed by atoms with Crippen molar-refractivity contribution in [1.29, 1.82) is 0 Å². The highest BCUT2D eigenvalue weighted by molar-refractivity contribution is 5.74. The summed E-state index contributed by atoms with van der Waals surface area (Å²) in [6.45, 7) is 3.70. The second-order valence-electron chi connectivity index (χ2n) is 6.63.